The molecule has 4 nitrogen and oxygen atoms in total. The standard InChI is InChI=1S/C55H114O4Si/c1-7-13-17-21-25-28-31-34-38-42-46-51-56-60(57-52-47-43-39-35-32-29-26-22-18-14-8-2,58-53-48-44-40-36-33-30-27-23-19-15-9-3)55(12-6)59-54(49-11-5)50-45-41-37-24-20-16-10-4/h54-55H,7-53H2,1-6H3. The highest BCUT2D eigenvalue weighted by Gasteiger charge is 2.51. The summed E-state index contributed by atoms with van der Waals surface area (Å²) in [7, 11) is -3.10. The van der Waals surface area contributed by atoms with E-state index in [0.29, 0.717) is 0 Å². The highest BCUT2D eigenvalue weighted by molar-refractivity contribution is 6.62. The summed E-state index contributed by atoms with van der Waals surface area (Å²) in [6.07, 6.45) is 58.5. The van der Waals surface area contributed by atoms with Crippen LogP contribution in [0.4, 0.5) is 0 Å². The summed E-state index contributed by atoms with van der Waals surface area (Å²) < 4.78 is 28.5. The third-order valence-corrected chi connectivity index (χ3v) is 16.2. The van der Waals surface area contributed by atoms with E-state index in [2.05, 4.69) is 41.5 Å². The molecule has 0 fully saturated rings. The molecule has 2 unspecified atom stereocenters. The maximum absolute atomic E-state index is 7.21. The van der Waals surface area contributed by atoms with Crippen molar-refractivity contribution >= 4 is 8.80 Å². The average molecular weight is 868 g/mol. The number of unbranched alkanes of at least 4 members (excludes halogenated alkanes) is 36. The lowest BCUT2D eigenvalue weighted by Crippen LogP contribution is -2.58. The topological polar surface area (TPSA) is 36.9 Å². The molecule has 0 heterocycles. The fourth-order valence-corrected chi connectivity index (χ4v) is 11.9. The van der Waals surface area contributed by atoms with Crippen LogP contribution in [-0.4, -0.2) is 40.5 Å². The number of hydrogen-bond donors (Lipinski definition) is 0. The Labute approximate surface area is 381 Å². The third-order valence-electron chi connectivity index (χ3n) is 13.0. The van der Waals surface area contributed by atoms with Crippen LogP contribution in [0.25, 0.3) is 0 Å². The van der Waals surface area contributed by atoms with Crippen molar-refractivity contribution in [2.45, 2.75) is 336 Å². The second-order valence-corrected chi connectivity index (χ2v) is 21.8. The van der Waals surface area contributed by atoms with Gasteiger partial charge in [0, 0.05) is 19.8 Å². The second kappa shape index (κ2) is 50.1. The highest BCUT2D eigenvalue weighted by atomic mass is 28.4. The molecule has 0 saturated heterocycles. The van der Waals surface area contributed by atoms with Gasteiger partial charge in [0.05, 0.1) is 6.10 Å². The molecule has 0 aromatic rings. The molecule has 0 spiro atoms. The summed E-state index contributed by atoms with van der Waals surface area (Å²) in [6.45, 7) is 16.1. The fraction of sp³-hybridized carbons (Fsp3) is 1.00. The van der Waals surface area contributed by atoms with Crippen LogP contribution >= 0.6 is 0 Å². The molecule has 0 aromatic heterocycles. The van der Waals surface area contributed by atoms with Crippen molar-refractivity contribution in [3.63, 3.8) is 0 Å². The second-order valence-electron chi connectivity index (χ2n) is 19.1. The maximum atomic E-state index is 7.21. The van der Waals surface area contributed by atoms with Crippen molar-refractivity contribution in [3.05, 3.63) is 0 Å². The van der Waals surface area contributed by atoms with E-state index in [0.717, 1.165) is 64.8 Å². The fourth-order valence-electron chi connectivity index (χ4n) is 8.94. The molecule has 2 atom stereocenters. The van der Waals surface area contributed by atoms with Crippen molar-refractivity contribution in [3.8, 4) is 0 Å². The van der Waals surface area contributed by atoms with Crippen LogP contribution in [-0.2, 0) is 18.0 Å². The van der Waals surface area contributed by atoms with Gasteiger partial charge < -0.3 is 18.0 Å². The average Bonchev–Trinajstić information content (AvgIpc) is 3.26. The smallest absolute Gasteiger partial charge is 0.372 e. The lowest BCUT2D eigenvalue weighted by Gasteiger charge is -2.37. The molecule has 0 aliphatic heterocycles. The first kappa shape index (κ1) is 60.1. The minimum Gasteiger partial charge on any atom is -0.372 e. The molecule has 0 rings (SSSR count). The molecule has 0 aromatic carbocycles. The molecule has 0 saturated carbocycles. The van der Waals surface area contributed by atoms with Gasteiger partial charge in [-0.15, -0.1) is 0 Å². The Hall–Kier alpha value is 0.0569. The predicted molar refractivity (Wildman–Crippen MR) is 269 cm³/mol. The van der Waals surface area contributed by atoms with Gasteiger partial charge >= 0.3 is 8.80 Å². The Morgan fingerprint density at radius 3 is 0.767 bits per heavy atom. The van der Waals surface area contributed by atoms with Gasteiger partial charge in [-0.25, -0.2) is 0 Å². The van der Waals surface area contributed by atoms with Crippen LogP contribution in [0, 0.1) is 0 Å². The Bertz CT molecular complexity index is 710. The zero-order chi connectivity index (χ0) is 43.7. The van der Waals surface area contributed by atoms with E-state index in [1.807, 2.05) is 0 Å². The van der Waals surface area contributed by atoms with Crippen molar-refractivity contribution < 1.29 is 18.0 Å². The maximum Gasteiger partial charge on any atom is 0.531 e. The van der Waals surface area contributed by atoms with E-state index in [4.69, 9.17) is 18.0 Å². The molecule has 60 heavy (non-hydrogen) atoms. The number of hydrogen-bond acceptors (Lipinski definition) is 4. The first-order valence-corrected chi connectivity index (χ1v) is 30.0. The minimum atomic E-state index is -3.10. The predicted octanol–water partition coefficient (Wildman–Crippen LogP) is 19.6. The first-order valence-electron chi connectivity index (χ1n) is 28.2. The van der Waals surface area contributed by atoms with Gasteiger partial charge in [0.2, 0.25) is 0 Å². The van der Waals surface area contributed by atoms with E-state index in [-0.39, 0.29) is 11.8 Å². The summed E-state index contributed by atoms with van der Waals surface area (Å²) in [5, 5.41) is 0. The quantitative estimate of drug-likeness (QED) is 0.0451. The van der Waals surface area contributed by atoms with Crippen molar-refractivity contribution in [1.82, 2.24) is 0 Å². The summed E-state index contributed by atoms with van der Waals surface area (Å²) in [4.78, 5) is 0. The minimum absolute atomic E-state index is 0.0771. The van der Waals surface area contributed by atoms with Crippen LogP contribution in [0.5, 0.6) is 0 Å². The lowest BCUT2D eigenvalue weighted by molar-refractivity contribution is -0.0533. The first-order chi connectivity index (χ1) is 29.6. The van der Waals surface area contributed by atoms with Gasteiger partial charge in [-0.2, -0.15) is 0 Å². The largest absolute Gasteiger partial charge is 0.531 e. The van der Waals surface area contributed by atoms with E-state index in [1.165, 1.54) is 238 Å². The van der Waals surface area contributed by atoms with Gasteiger partial charge in [-0.05, 0) is 38.5 Å². The van der Waals surface area contributed by atoms with Crippen LogP contribution < -0.4 is 0 Å². The normalized spacial score (nSPS) is 13.1. The molecule has 5 heteroatoms. The van der Waals surface area contributed by atoms with Crippen LogP contribution in [0.1, 0.15) is 324 Å². The molecular formula is C55H114O4Si. The van der Waals surface area contributed by atoms with E-state index < -0.39 is 8.80 Å². The summed E-state index contributed by atoms with van der Waals surface area (Å²) in [5.41, 5.74) is -0.0771. The van der Waals surface area contributed by atoms with Crippen LogP contribution in [0.3, 0.4) is 0 Å². The van der Waals surface area contributed by atoms with Crippen molar-refractivity contribution in [1.29, 1.82) is 0 Å². The third kappa shape index (κ3) is 39.6. The van der Waals surface area contributed by atoms with Gasteiger partial charge in [0.15, 0.2) is 0 Å². The summed E-state index contributed by atoms with van der Waals surface area (Å²) >= 11 is 0. The molecule has 0 aliphatic carbocycles. The van der Waals surface area contributed by atoms with E-state index >= 15 is 0 Å². The van der Waals surface area contributed by atoms with Crippen LogP contribution in [0.2, 0.25) is 0 Å². The molecule has 0 radical (unpaired) electrons. The van der Waals surface area contributed by atoms with Gasteiger partial charge in [-0.1, -0.05) is 286 Å². The Balaban J connectivity index is 5.52. The Kier molecular flexibility index (Phi) is 50.1. The molecule has 0 aliphatic rings. The zero-order valence-corrected chi connectivity index (χ0v) is 43.5. The number of rotatable bonds is 53. The zero-order valence-electron chi connectivity index (χ0n) is 42.5. The summed E-state index contributed by atoms with van der Waals surface area (Å²) in [5.74, 6) is 0. The monoisotopic (exact) mass is 867 g/mol. The van der Waals surface area contributed by atoms with Gasteiger partial charge in [0.1, 0.15) is 5.73 Å². The SMILES string of the molecule is CCCCCCCCCCCCCO[Si](OCCCCCCCCCCCCC)(OCCCCCCCCCCCCC)C(CC)OC(CCC)CCCCCCCCC. The highest BCUT2D eigenvalue weighted by Crippen LogP contribution is 2.27. The number of ether oxygens (including phenoxy) is 1. The molecule has 0 bridgehead atoms. The summed E-state index contributed by atoms with van der Waals surface area (Å²) in [6, 6.07) is 0. The molecule has 362 valence electrons. The Morgan fingerprint density at radius 2 is 0.517 bits per heavy atom. The van der Waals surface area contributed by atoms with Gasteiger partial charge in [0.25, 0.3) is 0 Å². The molecular weight excluding hydrogens is 753 g/mol. The van der Waals surface area contributed by atoms with Crippen LogP contribution in [0.15, 0.2) is 0 Å². The van der Waals surface area contributed by atoms with E-state index in [9.17, 15) is 0 Å². The van der Waals surface area contributed by atoms with Crippen molar-refractivity contribution in [2.75, 3.05) is 19.8 Å². The lowest BCUT2D eigenvalue weighted by atomic mass is 10.0. The van der Waals surface area contributed by atoms with Gasteiger partial charge in [-0.3, -0.25) is 0 Å². The molecule has 0 amide bonds. The van der Waals surface area contributed by atoms with E-state index in [1.54, 1.807) is 0 Å². The Morgan fingerprint density at radius 1 is 0.267 bits per heavy atom. The molecule has 0 N–H and O–H groups in total. The van der Waals surface area contributed by atoms with Crippen molar-refractivity contribution in [2.24, 2.45) is 0 Å².